The first-order valence-electron chi connectivity index (χ1n) is 10.2. The predicted octanol–water partition coefficient (Wildman–Crippen LogP) is 1.90. The van der Waals surface area contributed by atoms with E-state index < -0.39 is 11.6 Å². The lowest BCUT2D eigenvalue weighted by molar-refractivity contribution is 0.0362. The molecule has 1 fully saturated rings. The molecule has 0 radical (unpaired) electrons. The molecule has 1 aliphatic rings. The van der Waals surface area contributed by atoms with Gasteiger partial charge in [0.25, 0.3) is 5.91 Å². The molecule has 1 aromatic carbocycles. The summed E-state index contributed by atoms with van der Waals surface area (Å²) < 4.78 is 1.71. The summed E-state index contributed by atoms with van der Waals surface area (Å²) in [5.41, 5.74) is 1.14. The number of nitrogens with one attached hydrogen (secondary N) is 1. The third-order valence-corrected chi connectivity index (χ3v) is 5.67. The first-order chi connectivity index (χ1) is 14.5. The van der Waals surface area contributed by atoms with E-state index in [4.69, 9.17) is 0 Å². The number of amides is 1. The summed E-state index contributed by atoms with van der Waals surface area (Å²) in [7, 11) is 0. The molecular weight excluding hydrogens is 380 g/mol. The summed E-state index contributed by atoms with van der Waals surface area (Å²) >= 11 is 0. The lowest BCUT2D eigenvalue weighted by Crippen LogP contribution is -2.62. The van der Waals surface area contributed by atoms with Crippen LogP contribution in [-0.4, -0.2) is 50.2 Å². The molecule has 156 valence electrons. The molecule has 3 heterocycles. The number of β-amino-alcohol motifs (C(OH)–C–C–N with tert-alkyl or cyclic N) is 1. The Morgan fingerprint density at radius 3 is 2.63 bits per heavy atom. The van der Waals surface area contributed by atoms with E-state index >= 15 is 0 Å². The maximum atomic E-state index is 13.0. The first kappa shape index (κ1) is 20.0. The monoisotopic (exact) mass is 406 g/mol. The Labute approximate surface area is 175 Å². The standard InChI is InChI=1S/C22H26N6O2/c1-3-28-13-11-18(26-28)21(30)23-22(17-7-5-4-6-8-17)12-14-27(15-19(22)29)20-10-9-16(2)24-25-20/h4-11,13,19,29H,3,12,14-15H2,1-2H3,(H,23,30)/t19-,22+/m1/s1. The van der Waals surface area contributed by atoms with E-state index in [0.717, 1.165) is 11.3 Å². The van der Waals surface area contributed by atoms with Crippen LogP contribution >= 0.6 is 0 Å². The van der Waals surface area contributed by atoms with E-state index in [-0.39, 0.29) is 5.91 Å². The highest BCUT2D eigenvalue weighted by Gasteiger charge is 2.45. The Kier molecular flexibility index (Phi) is 5.50. The first-order valence-corrected chi connectivity index (χ1v) is 10.2. The lowest BCUT2D eigenvalue weighted by Gasteiger charge is -2.46. The van der Waals surface area contributed by atoms with E-state index in [1.165, 1.54) is 0 Å². The normalized spacial score (nSPS) is 21.4. The van der Waals surface area contributed by atoms with Gasteiger partial charge >= 0.3 is 0 Å². The van der Waals surface area contributed by atoms with Crippen molar-refractivity contribution in [3.05, 3.63) is 71.7 Å². The van der Waals surface area contributed by atoms with E-state index in [2.05, 4.69) is 20.6 Å². The highest BCUT2D eigenvalue weighted by Crippen LogP contribution is 2.35. The molecule has 0 aliphatic carbocycles. The second-order valence-corrected chi connectivity index (χ2v) is 7.59. The zero-order valence-corrected chi connectivity index (χ0v) is 17.2. The molecule has 1 aliphatic heterocycles. The Balaban J connectivity index is 1.62. The molecular formula is C22H26N6O2. The number of rotatable bonds is 5. The van der Waals surface area contributed by atoms with Crippen LogP contribution in [0.2, 0.25) is 0 Å². The van der Waals surface area contributed by atoms with Crippen LogP contribution in [0.25, 0.3) is 0 Å². The van der Waals surface area contributed by atoms with E-state index in [9.17, 15) is 9.90 Å². The van der Waals surface area contributed by atoms with Gasteiger partial charge in [-0.1, -0.05) is 30.3 Å². The van der Waals surface area contributed by atoms with Gasteiger partial charge in [-0.15, -0.1) is 5.10 Å². The zero-order chi connectivity index (χ0) is 21.1. The minimum absolute atomic E-state index is 0.298. The fourth-order valence-corrected chi connectivity index (χ4v) is 3.92. The maximum Gasteiger partial charge on any atom is 0.272 e. The van der Waals surface area contributed by atoms with Crippen molar-refractivity contribution in [3.63, 3.8) is 0 Å². The van der Waals surface area contributed by atoms with Crippen LogP contribution in [0.15, 0.2) is 54.7 Å². The molecule has 8 heteroatoms. The van der Waals surface area contributed by atoms with Crippen LogP contribution in [0.5, 0.6) is 0 Å². The molecule has 0 spiro atoms. The number of benzene rings is 1. The van der Waals surface area contributed by atoms with Crippen molar-refractivity contribution in [1.82, 2.24) is 25.3 Å². The number of aliphatic hydroxyl groups excluding tert-OH is 1. The minimum Gasteiger partial charge on any atom is -0.388 e. The van der Waals surface area contributed by atoms with Gasteiger partial charge < -0.3 is 15.3 Å². The number of piperidine rings is 1. The van der Waals surface area contributed by atoms with Gasteiger partial charge in [0.1, 0.15) is 5.69 Å². The average Bonchev–Trinajstić information content (AvgIpc) is 3.26. The summed E-state index contributed by atoms with van der Waals surface area (Å²) in [5.74, 6) is 0.419. The number of aliphatic hydroxyl groups is 1. The van der Waals surface area contributed by atoms with Crippen LogP contribution in [-0.2, 0) is 12.1 Å². The molecule has 1 saturated heterocycles. The van der Waals surface area contributed by atoms with Gasteiger partial charge in [-0.3, -0.25) is 9.48 Å². The zero-order valence-electron chi connectivity index (χ0n) is 17.2. The maximum absolute atomic E-state index is 13.0. The Morgan fingerprint density at radius 2 is 2.00 bits per heavy atom. The van der Waals surface area contributed by atoms with E-state index in [1.807, 2.05) is 61.2 Å². The summed E-state index contributed by atoms with van der Waals surface area (Å²) in [5, 5.41) is 27.1. The molecule has 0 bridgehead atoms. The molecule has 2 aromatic heterocycles. The molecule has 0 unspecified atom stereocenters. The SMILES string of the molecule is CCn1ccc(C(=O)N[C@]2(c3ccccc3)CCN(c3ccc(C)nn3)C[C@H]2O)n1. The van der Waals surface area contributed by atoms with Gasteiger partial charge in [-0.25, -0.2) is 0 Å². The molecule has 1 amide bonds. The Bertz CT molecular complexity index is 1000. The van der Waals surface area contributed by atoms with Crippen molar-refractivity contribution >= 4 is 11.7 Å². The molecule has 3 aromatic rings. The molecule has 2 N–H and O–H groups in total. The molecule has 2 atom stereocenters. The fraction of sp³-hybridized carbons (Fsp3) is 0.364. The number of nitrogens with zero attached hydrogens (tertiary/aromatic N) is 5. The number of aromatic nitrogens is 4. The topological polar surface area (TPSA) is 96.2 Å². The van der Waals surface area contributed by atoms with Crippen LogP contribution in [0.4, 0.5) is 5.82 Å². The third kappa shape index (κ3) is 3.78. The molecule has 8 nitrogen and oxygen atoms in total. The third-order valence-electron chi connectivity index (χ3n) is 5.67. The predicted molar refractivity (Wildman–Crippen MR) is 113 cm³/mol. The van der Waals surface area contributed by atoms with Gasteiger partial charge in [-0.05, 0) is 44.0 Å². The fourth-order valence-electron chi connectivity index (χ4n) is 3.92. The molecule has 30 heavy (non-hydrogen) atoms. The van der Waals surface area contributed by atoms with Gasteiger partial charge in [0.05, 0.1) is 17.3 Å². The number of anilines is 1. The van der Waals surface area contributed by atoms with Gasteiger partial charge in [0.15, 0.2) is 5.82 Å². The highest BCUT2D eigenvalue weighted by atomic mass is 16.3. The highest BCUT2D eigenvalue weighted by molar-refractivity contribution is 5.93. The van der Waals surface area contributed by atoms with Crippen molar-refractivity contribution in [3.8, 4) is 0 Å². The molecule has 4 rings (SSSR count). The number of aryl methyl sites for hydroxylation is 2. The number of carbonyl (C=O) groups is 1. The van der Waals surface area contributed by atoms with Crippen molar-refractivity contribution in [2.24, 2.45) is 0 Å². The van der Waals surface area contributed by atoms with Crippen LogP contribution < -0.4 is 10.2 Å². The second kappa shape index (κ2) is 8.23. The van der Waals surface area contributed by atoms with Gasteiger partial charge in [0, 0.05) is 25.8 Å². The van der Waals surface area contributed by atoms with Crippen molar-refractivity contribution in [1.29, 1.82) is 0 Å². The van der Waals surface area contributed by atoms with Gasteiger partial charge in [0.2, 0.25) is 0 Å². The van der Waals surface area contributed by atoms with Crippen molar-refractivity contribution < 1.29 is 9.90 Å². The van der Waals surface area contributed by atoms with E-state index in [1.54, 1.807) is 16.9 Å². The largest absolute Gasteiger partial charge is 0.388 e. The summed E-state index contributed by atoms with van der Waals surface area (Å²) in [4.78, 5) is 15.0. The van der Waals surface area contributed by atoms with E-state index in [0.29, 0.717) is 37.6 Å². The Hall–Kier alpha value is -3.26. The minimum atomic E-state index is -0.914. The smallest absolute Gasteiger partial charge is 0.272 e. The second-order valence-electron chi connectivity index (χ2n) is 7.59. The summed E-state index contributed by atoms with van der Waals surface area (Å²) in [6.07, 6.45) is 1.46. The average molecular weight is 406 g/mol. The van der Waals surface area contributed by atoms with Crippen LogP contribution in [0.3, 0.4) is 0 Å². The quantitative estimate of drug-likeness (QED) is 0.672. The van der Waals surface area contributed by atoms with Crippen molar-refractivity contribution in [2.75, 3.05) is 18.0 Å². The van der Waals surface area contributed by atoms with Gasteiger partial charge in [-0.2, -0.15) is 10.2 Å². The van der Waals surface area contributed by atoms with Crippen LogP contribution in [0.1, 0.15) is 35.1 Å². The number of hydrogen-bond acceptors (Lipinski definition) is 6. The Morgan fingerprint density at radius 1 is 1.20 bits per heavy atom. The summed E-state index contributed by atoms with van der Waals surface area (Å²) in [6, 6.07) is 15.1. The molecule has 0 saturated carbocycles. The number of carbonyl (C=O) groups excluding carboxylic acids is 1. The summed E-state index contributed by atoms with van der Waals surface area (Å²) in [6.45, 7) is 5.49. The lowest BCUT2D eigenvalue weighted by atomic mass is 9.78. The number of hydrogen-bond donors (Lipinski definition) is 2. The van der Waals surface area contributed by atoms with Crippen molar-refractivity contribution in [2.45, 2.75) is 38.5 Å². The van der Waals surface area contributed by atoms with Crippen LogP contribution in [0, 0.1) is 6.92 Å².